The van der Waals surface area contributed by atoms with E-state index in [4.69, 9.17) is 5.73 Å². The lowest BCUT2D eigenvalue weighted by atomic mass is 10.6. The quantitative estimate of drug-likeness (QED) is 0.398. The molecule has 0 bridgehead atoms. The molecule has 1 amide bonds. The zero-order valence-corrected chi connectivity index (χ0v) is 4.90. The van der Waals surface area contributed by atoms with Crippen molar-refractivity contribution in [2.24, 2.45) is 5.73 Å². The van der Waals surface area contributed by atoms with Crippen LogP contribution in [0.1, 0.15) is 6.92 Å². The highest BCUT2D eigenvalue weighted by molar-refractivity contribution is 5.77. The number of hydrogen-bond donors (Lipinski definition) is 3. The highest BCUT2D eigenvalue weighted by Gasteiger charge is 1.90. The second kappa shape index (κ2) is 4.55. The van der Waals surface area contributed by atoms with Gasteiger partial charge >= 0.3 is 0 Å². The minimum absolute atomic E-state index is 0.0347. The van der Waals surface area contributed by atoms with Crippen LogP contribution in [0.5, 0.6) is 0 Å². The molecule has 8 heavy (non-hydrogen) atoms. The topological polar surface area (TPSA) is 67.1 Å². The van der Waals surface area contributed by atoms with Gasteiger partial charge in [0.1, 0.15) is 0 Å². The molecule has 0 saturated heterocycles. The minimum Gasteiger partial charge on any atom is -0.322 e. The SMILES string of the molecule is CCNNC(=O)CN. The number of carbonyl (C=O) groups is 1. The summed E-state index contributed by atoms with van der Waals surface area (Å²) in [7, 11) is 0. The fraction of sp³-hybridized carbons (Fsp3) is 0.750. The molecule has 0 aromatic rings. The largest absolute Gasteiger partial charge is 0.322 e. The third-order valence-electron chi connectivity index (χ3n) is 0.590. The van der Waals surface area contributed by atoms with E-state index < -0.39 is 0 Å². The Kier molecular flexibility index (Phi) is 4.20. The van der Waals surface area contributed by atoms with E-state index in [0.29, 0.717) is 6.54 Å². The maximum atomic E-state index is 10.3. The van der Waals surface area contributed by atoms with Crippen molar-refractivity contribution in [2.75, 3.05) is 13.1 Å². The van der Waals surface area contributed by atoms with Crippen molar-refractivity contribution < 1.29 is 4.79 Å². The first kappa shape index (κ1) is 7.39. The molecule has 0 saturated carbocycles. The first-order valence-corrected chi connectivity index (χ1v) is 2.53. The number of hydrazine groups is 1. The Bertz CT molecular complexity index is 73.7. The molecule has 4 heteroatoms. The molecule has 0 aromatic heterocycles. The molecule has 0 aliphatic rings. The van der Waals surface area contributed by atoms with Crippen LogP contribution >= 0.6 is 0 Å². The molecule has 4 N–H and O–H groups in total. The Morgan fingerprint density at radius 2 is 2.38 bits per heavy atom. The van der Waals surface area contributed by atoms with Crippen LogP contribution in [0.15, 0.2) is 0 Å². The van der Waals surface area contributed by atoms with E-state index in [2.05, 4.69) is 10.9 Å². The molecule has 0 unspecified atom stereocenters. The molecule has 0 radical (unpaired) electrons. The van der Waals surface area contributed by atoms with Crippen molar-refractivity contribution in [3.63, 3.8) is 0 Å². The van der Waals surface area contributed by atoms with Crippen molar-refractivity contribution in [3.8, 4) is 0 Å². The van der Waals surface area contributed by atoms with E-state index in [9.17, 15) is 4.79 Å². The summed E-state index contributed by atoms with van der Waals surface area (Å²) in [5.41, 5.74) is 9.95. The lowest BCUT2D eigenvalue weighted by molar-refractivity contribution is -0.120. The molecule has 0 atom stereocenters. The molecular weight excluding hydrogens is 106 g/mol. The van der Waals surface area contributed by atoms with Crippen LogP contribution in [-0.2, 0) is 4.79 Å². The summed E-state index contributed by atoms with van der Waals surface area (Å²) in [5, 5.41) is 0. The first-order chi connectivity index (χ1) is 3.81. The zero-order valence-electron chi connectivity index (χ0n) is 4.90. The Labute approximate surface area is 48.4 Å². The monoisotopic (exact) mass is 117 g/mol. The minimum atomic E-state index is -0.188. The maximum Gasteiger partial charge on any atom is 0.247 e. The lowest BCUT2D eigenvalue weighted by Crippen LogP contribution is -2.40. The van der Waals surface area contributed by atoms with Gasteiger partial charge in [-0.1, -0.05) is 6.92 Å². The summed E-state index contributed by atoms with van der Waals surface area (Å²) < 4.78 is 0. The van der Waals surface area contributed by atoms with E-state index in [1.807, 2.05) is 6.92 Å². The number of nitrogens with one attached hydrogen (secondary N) is 2. The van der Waals surface area contributed by atoms with Gasteiger partial charge in [0.25, 0.3) is 0 Å². The number of carbonyl (C=O) groups excluding carboxylic acids is 1. The van der Waals surface area contributed by atoms with Crippen molar-refractivity contribution in [1.29, 1.82) is 0 Å². The second-order valence-electron chi connectivity index (χ2n) is 1.28. The summed E-state index contributed by atoms with van der Waals surface area (Å²) in [6.07, 6.45) is 0. The third-order valence-corrected chi connectivity index (χ3v) is 0.590. The maximum absolute atomic E-state index is 10.3. The Balaban J connectivity index is 2.99. The Morgan fingerprint density at radius 1 is 1.75 bits per heavy atom. The van der Waals surface area contributed by atoms with Crippen LogP contribution < -0.4 is 16.6 Å². The average molecular weight is 117 g/mol. The number of nitrogens with two attached hydrogens (primary N) is 1. The van der Waals surface area contributed by atoms with Gasteiger partial charge in [0.05, 0.1) is 6.54 Å². The fourth-order valence-electron chi connectivity index (χ4n) is 0.238. The average Bonchev–Trinajstić information content (AvgIpc) is 1.83. The van der Waals surface area contributed by atoms with E-state index in [0.717, 1.165) is 0 Å². The van der Waals surface area contributed by atoms with Crippen molar-refractivity contribution in [2.45, 2.75) is 6.92 Å². The van der Waals surface area contributed by atoms with Crippen molar-refractivity contribution in [1.82, 2.24) is 10.9 Å². The summed E-state index contributed by atoms with van der Waals surface area (Å²) >= 11 is 0. The summed E-state index contributed by atoms with van der Waals surface area (Å²) in [5.74, 6) is -0.188. The van der Waals surface area contributed by atoms with Gasteiger partial charge < -0.3 is 5.73 Å². The summed E-state index contributed by atoms with van der Waals surface area (Å²) in [6.45, 7) is 2.63. The normalized spacial score (nSPS) is 8.75. The van der Waals surface area contributed by atoms with E-state index in [1.54, 1.807) is 0 Å². The number of amides is 1. The molecule has 48 valence electrons. The van der Waals surface area contributed by atoms with Crippen LogP contribution in [0.4, 0.5) is 0 Å². The van der Waals surface area contributed by atoms with Gasteiger partial charge in [0, 0.05) is 6.54 Å². The Morgan fingerprint density at radius 3 is 2.75 bits per heavy atom. The van der Waals surface area contributed by atoms with Crippen molar-refractivity contribution >= 4 is 5.91 Å². The van der Waals surface area contributed by atoms with Gasteiger partial charge in [-0.15, -0.1) is 0 Å². The lowest BCUT2D eigenvalue weighted by Gasteiger charge is -1.99. The van der Waals surface area contributed by atoms with Crippen LogP contribution in [0, 0.1) is 0 Å². The zero-order chi connectivity index (χ0) is 6.41. The molecule has 0 aromatic carbocycles. The highest BCUT2D eigenvalue weighted by Crippen LogP contribution is 1.51. The molecule has 0 aliphatic heterocycles. The Hall–Kier alpha value is -0.610. The summed E-state index contributed by atoms with van der Waals surface area (Å²) in [6, 6.07) is 0. The predicted molar refractivity (Wildman–Crippen MR) is 30.9 cm³/mol. The van der Waals surface area contributed by atoms with Crippen LogP contribution in [0.3, 0.4) is 0 Å². The summed E-state index contributed by atoms with van der Waals surface area (Å²) in [4.78, 5) is 10.3. The molecule has 0 aliphatic carbocycles. The molecule has 0 fully saturated rings. The van der Waals surface area contributed by atoms with Gasteiger partial charge in [-0.3, -0.25) is 10.2 Å². The van der Waals surface area contributed by atoms with Gasteiger partial charge in [-0.05, 0) is 0 Å². The number of rotatable bonds is 3. The molecule has 0 spiro atoms. The van der Waals surface area contributed by atoms with Gasteiger partial charge in [-0.2, -0.15) is 0 Å². The van der Waals surface area contributed by atoms with E-state index >= 15 is 0 Å². The predicted octanol–water partition coefficient (Wildman–Crippen LogP) is -1.41. The van der Waals surface area contributed by atoms with E-state index in [1.165, 1.54) is 0 Å². The smallest absolute Gasteiger partial charge is 0.247 e. The van der Waals surface area contributed by atoms with Gasteiger partial charge in [-0.25, -0.2) is 5.43 Å². The molecule has 4 nitrogen and oxygen atoms in total. The fourth-order valence-corrected chi connectivity index (χ4v) is 0.238. The molecule has 0 rings (SSSR count). The standard InChI is InChI=1S/C4H11N3O/c1-2-6-7-4(8)3-5/h6H,2-3,5H2,1H3,(H,7,8). The van der Waals surface area contributed by atoms with Gasteiger partial charge in [0.15, 0.2) is 0 Å². The van der Waals surface area contributed by atoms with E-state index in [-0.39, 0.29) is 12.5 Å². The highest BCUT2D eigenvalue weighted by atomic mass is 16.2. The van der Waals surface area contributed by atoms with Crippen molar-refractivity contribution in [3.05, 3.63) is 0 Å². The van der Waals surface area contributed by atoms with Crippen LogP contribution in [0.2, 0.25) is 0 Å². The molecular formula is C4H11N3O. The first-order valence-electron chi connectivity index (χ1n) is 2.53. The second-order valence-corrected chi connectivity index (χ2v) is 1.28. The third kappa shape index (κ3) is 3.58. The van der Waals surface area contributed by atoms with Crippen LogP contribution in [-0.4, -0.2) is 19.0 Å². The van der Waals surface area contributed by atoms with Crippen LogP contribution in [0.25, 0.3) is 0 Å². The molecule has 0 heterocycles. The number of hydrogen-bond acceptors (Lipinski definition) is 3. The van der Waals surface area contributed by atoms with Gasteiger partial charge in [0.2, 0.25) is 5.91 Å².